The summed E-state index contributed by atoms with van der Waals surface area (Å²) >= 11 is 6.42. The maximum absolute atomic E-state index is 13.8. The van der Waals surface area contributed by atoms with Crippen LogP contribution >= 0.6 is 11.6 Å². The second kappa shape index (κ2) is 8.91. The van der Waals surface area contributed by atoms with E-state index in [-0.39, 0.29) is 12.4 Å². The third kappa shape index (κ3) is 4.58. The van der Waals surface area contributed by atoms with Gasteiger partial charge in [-0.15, -0.1) is 0 Å². The molecule has 6 heteroatoms. The third-order valence-corrected chi connectivity index (χ3v) is 5.44. The Kier molecular flexibility index (Phi) is 6.09. The number of rotatable bonds is 6. The molecule has 2 heterocycles. The molecule has 4 nitrogen and oxygen atoms in total. The Hall–Kier alpha value is -2.47. The number of hydrogen-bond donors (Lipinski definition) is 1. The lowest BCUT2D eigenvalue weighted by Gasteiger charge is -2.27. The van der Waals surface area contributed by atoms with Crippen LogP contribution in [0.1, 0.15) is 16.8 Å². The maximum Gasteiger partial charge on any atom is 0.138 e. The predicted molar refractivity (Wildman–Crippen MR) is 113 cm³/mol. The monoisotopic (exact) mass is 411 g/mol. The van der Waals surface area contributed by atoms with Crippen LogP contribution in [0.3, 0.4) is 0 Å². The van der Waals surface area contributed by atoms with Crippen molar-refractivity contribution in [1.82, 2.24) is 9.88 Å². The van der Waals surface area contributed by atoms with Crippen molar-refractivity contribution >= 4 is 11.6 Å². The molecule has 0 amide bonds. The molecule has 150 valence electrons. The summed E-state index contributed by atoms with van der Waals surface area (Å²) in [6.45, 7) is 3.57. The highest BCUT2D eigenvalue weighted by Gasteiger charge is 2.17. The minimum absolute atomic E-state index is 0.127. The van der Waals surface area contributed by atoms with Crippen molar-refractivity contribution in [3.63, 3.8) is 0 Å². The Morgan fingerprint density at radius 2 is 2.00 bits per heavy atom. The van der Waals surface area contributed by atoms with Gasteiger partial charge in [-0.1, -0.05) is 35.9 Å². The standard InChI is InChI=1S/C23H23ClFN3O/c24-19-13-16(6-8-23(19)29-15-18-3-1-2-4-20(18)25)21-7-5-17-14-28(12-10-26)11-9-22(17)27-21/h1-8,13H,9-12,14-15,26H2. The van der Waals surface area contributed by atoms with Crippen LogP contribution in [0.15, 0.2) is 54.6 Å². The first kappa shape index (κ1) is 19.8. The van der Waals surface area contributed by atoms with Crippen LogP contribution in [0.2, 0.25) is 5.02 Å². The molecule has 4 rings (SSSR count). The van der Waals surface area contributed by atoms with E-state index in [4.69, 9.17) is 27.1 Å². The van der Waals surface area contributed by atoms with Crippen LogP contribution in [-0.4, -0.2) is 29.5 Å². The van der Waals surface area contributed by atoms with Gasteiger partial charge in [0.05, 0.1) is 10.7 Å². The minimum Gasteiger partial charge on any atom is -0.487 e. The molecule has 1 aliphatic rings. The second-order valence-corrected chi connectivity index (χ2v) is 7.55. The van der Waals surface area contributed by atoms with E-state index in [2.05, 4.69) is 11.0 Å². The molecule has 0 atom stereocenters. The summed E-state index contributed by atoms with van der Waals surface area (Å²) in [6, 6.07) is 16.3. The number of aromatic nitrogens is 1. The number of pyridine rings is 1. The van der Waals surface area contributed by atoms with Gasteiger partial charge in [0.25, 0.3) is 0 Å². The van der Waals surface area contributed by atoms with Crippen molar-refractivity contribution in [3.8, 4) is 17.0 Å². The van der Waals surface area contributed by atoms with E-state index in [0.29, 0.717) is 22.9 Å². The Morgan fingerprint density at radius 1 is 1.14 bits per heavy atom. The fourth-order valence-electron chi connectivity index (χ4n) is 3.56. The molecular weight excluding hydrogens is 389 g/mol. The Labute approximate surface area is 175 Å². The molecular formula is C23H23ClFN3O. The van der Waals surface area contributed by atoms with Crippen LogP contribution in [0, 0.1) is 5.82 Å². The van der Waals surface area contributed by atoms with Gasteiger partial charge in [-0.25, -0.2) is 4.39 Å². The number of hydrogen-bond acceptors (Lipinski definition) is 4. The van der Waals surface area contributed by atoms with Crippen molar-refractivity contribution in [3.05, 3.63) is 82.3 Å². The van der Waals surface area contributed by atoms with Gasteiger partial charge in [-0.05, 0) is 35.9 Å². The topological polar surface area (TPSA) is 51.4 Å². The van der Waals surface area contributed by atoms with E-state index in [0.717, 1.165) is 43.0 Å². The largest absolute Gasteiger partial charge is 0.487 e. The number of ether oxygens (including phenoxy) is 1. The molecule has 0 saturated carbocycles. The summed E-state index contributed by atoms with van der Waals surface area (Å²) in [6.07, 6.45) is 0.917. The van der Waals surface area contributed by atoms with E-state index in [1.807, 2.05) is 24.3 Å². The summed E-state index contributed by atoms with van der Waals surface area (Å²) in [5, 5.41) is 0.479. The third-order valence-electron chi connectivity index (χ3n) is 5.14. The van der Waals surface area contributed by atoms with E-state index < -0.39 is 0 Å². The number of nitrogens with two attached hydrogens (primary N) is 1. The van der Waals surface area contributed by atoms with Crippen LogP contribution < -0.4 is 10.5 Å². The molecule has 1 aromatic heterocycles. The zero-order chi connectivity index (χ0) is 20.2. The molecule has 2 aromatic carbocycles. The summed E-state index contributed by atoms with van der Waals surface area (Å²) in [7, 11) is 0. The molecule has 0 spiro atoms. The molecule has 0 unspecified atom stereocenters. The highest BCUT2D eigenvalue weighted by atomic mass is 35.5. The van der Waals surface area contributed by atoms with E-state index in [1.54, 1.807) is 18.2 Å². The fraction of sp³-hybridized carbons (Fsp3) is 0.261. The predicted octanol–water partition coefficient (Wildman–Crippen LogP) is 4.44. The van der Waals surface area contributed by atoms with Crippen LogP contribution in [0.25, 0.3) is 11.3 Å². The lowest BCUT2D eigenvalue weighted by atomic mass is 10.0. The van der Waals surface area contributed by atoms with Gasteiger partial charge in [0.1, 0.15) is 18.2 Å². The maximum atomic E-state index is 13.8. The van der Waals surface area contributed by atoms with Gasteiger partial charge in [0.15, 0.2) is 0 Å². The molecule has 0 bridgehead atoms. The number of fused-ring (bicyclic) bond motifs is 1. The van der Waals surface area contributed by atoms with E-state index in [1.165, 1.54) is 11.6 Å². The SMILES string of the molecule is NCCN1CCc2nc(-c3ccc(OCc4ccccc4F)c(Cl)c3)ccc2C1. The lowest BCUT2D eigenvalue weighted by molar-refractivity contribution is 0.259. The smallest absolute Gasteiger partial charge is 0.138 e. The number of benzene rings is 2. The molecule has 2 N–H and O–H groups in total. The molecule has 0 fully saturated rings. The van der Waals surface area contributed by atoms with E-state index in [9.17, 15) is 4.39 Å². The van der Waals surface area contributed by atoms with Crippen molar-refractivity contribution in [2.24, 2.45) is 5.73 Å². The quantitative estimate of drug-likeness (QED) is 0.651. The fourth-order valence-corrected chi connectivity index (χ4v) is 3.79. The molecule has 3 aromatic rings. The van der Waals surface area contributed by atoms with Gasteiger partial charge in [0, 0.05) is 49.4 Å². The number of halogens is 2. The normalized spacial score (nSPS) is 13.9. The van der Waals surface area contributed by atoms with Crippen LogP contribution in [0.4, 0.5) is 4.39 Å². The summed E-state index contributed by atoms with van der Waals surface area (Å²) < 4.78 is 19.5. The average Bonchev–Trinajstić information content (AvgIpc) is 2.74. The first-order chi connectivity index (χ1) is 14.1. The van der Waals surface area contributed by atoms with Crippen molar-refractivity contribution in [1.29, 1.82) is 0 Å². The van der Waals surface area contributed by atoms with Crippen LogP contribution in [-0.2, 0) is 19.6 Å². The zero-order valence-corrected chi connectivity index (χ0v) is 16.8. The molecule has 0 aliphatic carbocycles. The van der Waals surface area contributed by atoms with Gasteiger partial charge in [-0.2, -0.15) is 0 Å². The summed E-state index contributed by atoms with van der Waals surface area (Å²) in [5.74, 6) is 0.234. The Morgan fingerprint density at radius 3 is 2.79 bits per heavy atom. The number of nitrogens with zero attached hydrogens (tertiary/aromatic N) is 2. The second-order valence-electron chi connectivity index (χ2n) is 7.14. The Bertz CT molecular complexity index is 1010. The molecule has 0 saturated heterocycles. The van der Waals surface area contributed by atoms with Crippen molar-refractivity contribution < 1.29 is 9.13 Å². The van der Waals surface area contributed by atoms with Crippen LogP contribution in [0.5, 0.6) is 5.75 Å². The highest BCUT2D eigenvalue weighted by molar-refractivity contribution is 6.32. The first-order valence-electron chi connectivity index (χ1n) is 9.71. The lowest BCUT2D eigenvalue weighted by Crippen LogP contribution is -2.34. The summed E-state index contributed by atoms with van der Waals surface area (Å²) in [4.78, 5) is 7.20. The van der Waals surface area contributed by atoms with Crippen molar-refractivity contribution in [2.45, 2.75) is 19.6 Å². The van der Waals surface area contributed by atoms with Gasteiger partial charge >= 0.3 is 0 Å². The molecule has 1 aliphatic heterocycles. The van der Waals surface area contributed by atoms with E-state index >= 15 is 0 Å². The highest BCUT2D eigenvalue weighted by Crippen LogP contribution is 2.31. The first-order valence-corrected chi connectivity index (χ1v) is 10.1. The van der Waals surface area contributed by atoms with Crippen molar-refractivity contribution in [2.75, 3.05) is 19.6 Å². The molecule has 29 heavy (non-hydrogen) atoms. The summed E-state index contributed by atoms with van der Waals surface area (Å²) in [5.41, 5.74) is 10.4. The zero-order valence-electron chi connectivity index (χ0n) is 16.1. The van der Waals surface area contributed by atoms with Gasteiger partial charge in [-0.3, -0.25) is 9.88 Å². The average molecular weight is 412 g/mol. The van der Waals surface area contributed by atoms with Gasteiger partial charge in [0.2, 0.25) is 0 Å². The van der Waals surface area contributed by atoms with Gasteiger partial charge < -0.3 is 10.5 Å². The molecule has 0 radical (unpaired) electrons. The Balaban J connectivity index is 1.49. The minimum atomic E-state index is -0.288.